The number of hydrazine groups is 1. The fourth-order valence-electron chi connectivity index (χ4n) is 2.21. The molecule has 0 atom stereocenters. The molecular weight excluding hydrogens is 353 g/mol. The molecule has 0 radical (unpaired) electrons. The molecular formula is C19H20FN3O4. The van der Waals surface area contributed by atoms with Crippen LogP contribution in [-0.4, -0.2) is 32.6 Å². The number of hydrogen-bond acceptors (Lipinski definition) is 5. The highest BCUT2D eigenvalue weighted by Crippen LogP contribution is 2.27. The maximum Gasteiger partial charge on any atom is 0.257 e. The number of hydrogen-bond donors (Lipinski definition) is 3. The molecule has 2 amide bonds. The Hall–Kier alpha value is -3.55. The first-order valence-corrected chi connectivity index (χ1v) is 7.95. The third-order valence-electron chi connectivity index (χ3n) is 3.61. The fraction of sp³-hybridized carbons (Fsp3) is 0.158. The molecule has 0 aliphatic heterocycles. The van der Waals surface area contributed by atoms with Gasteiger partial charge >= 0.3 is 0 Å². The quantitative estimate of drug-likeness (QED) is 0.615. The summed E-state index contributed by atoms with van der Waals surface area (Å²) in [6.45, 7) is 3.49. The van der Waals surface area contributed by atoms with E-state index in [1.165, 1.54) is 38.5 Å². The van der Waals surface area contributed by atoms with Crippen molar-refractivity contribution in [3.8, 4) is 11.5 Å². The lowest BCUT2D eigenvalue weighted by Gasteiger charge is -2.15. The largest absolute Gasteiger partial charge is 0.497 e. The Balaban J connectivity index is 1.87. The SMILES string of the molecule is C=C(NNC(=O)CNC(=O)c1ccccc1F)c1ccc(OC)cc1OC. The minimum absolute atomic E-state index is 0.134. The van der Waals surface area contributed by atoms with Gasteiger partial charge in [0.2, 0.25) is 0 Å². The molecule has 0 bridgehead atoms. The van der Waals surface area contributed by atoms with Crippen LogP contribution in [0.3, 0.4) is 0 Å². The summed E-state index contributed by atoms with van der Waals surface area (Å²) < 4.78 is 23.9. The predicted octanol–water partition coefficient (Wildman–Crippen LogP) is 1.86. The number of nitrogens with one attached hydrogen (secondary N) is 3. The fourth-order valence-corrected chi connectivity index (χ4v) is 2.21. The summed E-state index contributed by atoms with van der Waals surface area (Å²) >= 11 is 0. The zero-order valence-corrected chi connectivity index (χ0v) is 15.0. The average Bonchev–Trinajstić information content (AvgIpc) is 2.69. The van der Waals surface area contributed by atoms with Crippen LogP contribution in [0.15, 0.2) is 49.0 Å². The molecule has 3 N–H and O–H groups in total. The van der Waals surface area contributed by atoms with E-state index in [9.17, 15) is 14.0 Å². The van der Waals surface area contributed by atoms with E-state index in [0.29, 0.717) is 22.8 Å². The molecule has 0 spiro atoms. The molecule has 8 heteroatoms. The molecule has 0 aromatic heterocycles. The maximum atomic E-state index is 13.5. The molecule has 0 unspecified atom stereocenters. The van der Waals surface area contributed by atoms with Crippen molar-refractivity contribution < 1.29 is 23.5 Å². The highest BCUT2D eigenvalue weighted by molar-refractivity contribution is 5.96. The van der Waals surface area contributed by atoms with Gasteiger partial charge in [0.15, 0.2) is 0 Å². The number of benzene rings is 2. The molecule has 0 saturated heterocycles. The van der Waals surface area contributed by atoms with E-state index in [2.05, 4.69) is 22.7 Å². The van der Waals surface area contributed by atoms with E-state index >= 15 is 0 Å². The standard InChI is InChI=1S/C19H20FN3O4/c1-12(14-9-8-13(26-2)10-17(14)27-3)22-23-18(24)11-21-19(25)15-6-4-5-7-16(15)20/h4-10,22H,1,11H2,2-3H3,(H,21,25)(H,23,24). The van der Waals surface area contributed by atoms with Crippen molar-refractivity contribution in [2.75, 3.05) is 20.8 Å². The van der Waals surface area contributed by atoms with Gasteiger partial charge in [-0.3, -0.25) is 20.4 Å². The van der Waals surface area contributed by atoms with E-state index in [4.69, 9.17) is 9.47 Å². The van der Waals surface area contributed by atoms with Gasteiger partial charge in [0.1, 0.15) is 17.3 Å². The highest BCUT2D eigenvalue weighted by atomic mass is 19.1. The molecule has 0 fully saturated rings. The van der Waals surface area contributed by atoms with Crippen molar-refractivity contribution in [2.24, 2.45) is 0 Å². The van der Waals surface area contributed by atoms with Crippen molar-refractivity contribution in [3.05, 3.63) is 66.0 Å². The molecule has 0 heterocycles. The first-order valence-electron chi connectivity index (χ1n) is 7.95. The molecule has 0 saturated carbocycles. The Morgan fingerprint density at radius 1 is 1.04 bits per heavy atom. The Morgan fingerprint density at radius 2 is 1.78 bits per heavy atom. The van der Waals surface area contributed by atoms with Crippen LogP contribution in [0.1, 0.15) is 15.9 Å². The van der Waals surface area contributed by atoms with Gasteiger partial charge in [-0.2, -0.15) is 0 Å². The number of rotatable bonds is 8. The monoisotopic (exact) mass is 373 g/mol. The van der Waals surface area contributed by atoms with Crippen LogP contribution in [0.2, 0.25) is 0 Å². The van der Waals surface area contributed by atoms with E-state index in [-0.39, 0.29) is 12.1 Å². The average molecular weight is 373 g/mol. The number of amides is 2. The maximum absolute atomic E-state index is 13.5. The van der Waals surface area contributed by atoms with Crippen molar-refractivity contribution >= 4 is 17.5 Å². The number of carbonyl (C=O) groups excluding carboxylic acids is 2. The van der Waals surface area contributed by atoms with Gasteiger partial charge in [0.05, 0.1) is 32.0 Å². The van der Waals surface area contributed by atoms with Crippen molar-refractivity contribution in [1.82, 2.24) is 16.2 Å². The zero-order valence-electron chi connectivity index (χ0n) is 15.0. The van der Waals surface area contributed by atoms with Crippen LogP contribution in [0, 0.1) is 5.82 Å². The Bertz CT molecular complexity index is 855. The normalized spacial score (nSPS) is 9.89. The highest BCUT2D eigenvalue weighted by Gasteiger charge is 2.13. The summed E-state index contributed by atoms with van der Waals surface area (Å²) in [5.74, 6) is -0.752. The summed E-state index contributed by atoms with van der Waals surface area (Å²) in [7, 11) is 3.04. The molecule has 2 aromatic rings. The van der Waals surface area contributed by atoms with Crippen molar-refractivity contribution in [2.45, 2.75) is 0 Å². The smallest absolute Gasteiger partial charge is 0.257 e. The van der Waals surface area contributed by atoms with Gasteiger partial charge in [-0.15, -0.1) is 0 Å². The van der Waals surface area contributed by atoms with E-state index in [1.54, 1.807) is 18.2 Å². The van der Waals surface area contributed by atoms with Crippen LogP contribution in [0.4, 0.5) is 4.39 Å². The van der Waals surface area contributed by atoms with Crippen molar-refractivity contribution in [3.63, 3.8) is 0 Å². The summed E-state index contributed by atoms with van der Waals surface area (Å²) in [4.78, 5) is 23.8. The van der Waals surface area contributed by atoms with Gasteiger partial charge in [-0.1, -0.05) is 18.7 Å². The van der Waals surface area contributed by atoms with Gasteiger partial charge in [-0.25, -0.2) is 4.39 Å². The molecule has 2 rings (SSSR count). The molecule has 27 heavy (non-hydrogen) atoms. The van der Waals surface area contributed by atoms with E-state index in [0.717, 1.165) is 0 Å². The summed E-state index contributed by atoms with van der Waals surface area (Å²) in [6, 6.07) is 10.6. The lowest BCUT2D eigenvalue weighted by Crippen LogP contribution is -2.43. The van der Waals surface area contributed by atoms with Gasteiger partial charge in [0.25, 0.3) is 11.8 Å². The third kappa shape index (κ3) is 5.21. The molecule has 2 aromatic carbocycles. The van der Waals surface area contributed by atoms with Crippen LogP contribution in [0.5, 0.6) is 11.5 Å². The second-order valence-electron chi connectivity index (χ2n) is 5.38. The minimum atomic E-state index is -0.682. The predicted molar refractivity (Wildman–Crippen MR) is 98.6 cm³/mol. The second kappa shape index (κ2) is 9.23. The van der Waals surface area contributed by atoms with Crippen LogP contribution >= 0.6 is 0 Å². The lowest BCUT2D eigenvalue weighted by atomic mass is 10.1. The topological polar surface area (TPSA) is 88.7 Å². The van der Waals surface area contributed by atoms with Gasteiger partial charge in [-0.05, 0) is 24.3 Å². The number of ether oxygens (including phenoxy) is 2. The van der Waals surface area contributed by atoms with Crippen LogP contribution in [-0.2, 0) is 4.79 Å². The number of carbonyl (C=O) groups is 2. The van der Waals surface area contributed by atoms with E-state index < -0.39 is 17.6 Å². The summed E-state index contributed by atoms with van der Waals surface area (Å²) in [5, 5.41) is 2.34. The third-order valence-corrected chi connectivity index (χ3v) is 3.61. The zero-order chi connectivity index (χ0) is 19.8. The Morgan fingerprint density at radius 3 is 2.44 bits per heavy atom. The summed E-state index contributed by atoms with van der Waals surface area (Å²) in [6.07, 6.45) is 0. The molecule has 0 aliphatic carbocycles. The Labute approximate surface area is 156 Å². The summed E-state index contributed by atoms with van der Waals surface area (Å²) in [5.41, 5.74) is 5.91. The van der Waals surface area contributed by atoms with Gasteiger partial charge < -0.3 is 14.8 Å². The minimum Gasteiger partial charge on any atom is -0.497 e. The van der Waals surface area contributed by atoms with Crippen LogP contribution in [0.25, 0.3) is 5.70 Å². The Kier molecular flexibility index (Phi) is 6.76. The first kappa shape index (κ1) is 19.8. The van der Waals surface area contributed by atoms with Crippen LogP contribution < -0.4 is 25.6 Å². The van der Waals surface area contributed by atoms with E-state index in [1.807, 2.05) is 0 Å². The van der Waals surface area contributed by atoms with Crippen molar-refractivity contribution in [1.29, 1.82) is 0 Å². The second-order valence-corrected chi connectivity index (χ2v) is 5.38. The number of halogens is 1. The molecule has 7 nitrogen and oxygen atoms in total. The molecule has 142 valence electrons. The number of methoxy groups -OCH3 is 2. The lowest BCUT2D eigenvalue weighted by molar-refractivity contribution is -0.120. The van der Waals surface area contributed by atoms with Gasteiger partial charge in [0, 0.05) is 11.6 Å². The first-order chi connectivity index (χ1) is 13.0. The molecule has 0 aliphatic rings.